The molecule has 4 heteroatoms. The summed E-state index contributed by atoms with van der Waals surface area (Å²) in [6.45, 7) is 3.53. The molecule has 21 heavy (non-hydrogen) atoms. The number of hydrogen-bond donors (Lipinski definition) is 1. The summed E-state index contributed by atoms with van der Waals surface area (Å²) in [5, 5.41) is 4.71. The lowest BCUT2D eigenvalue weighted by Gasteiger charge is -2.39. The fraction of sp³-hybridized carbons (Fsp3) is 0.824. The summed E-state index contributed by atoms with van der Waals surface area (Å²) >= 11 is 0. The second kappa shape index (κ2) is 6.49. The van der Waals surface area contributed by atoms with Crippen LogP contribution in [0, 0.1) is 5.92 Å². The summed E-state index contributed by atoms with van der Waals surface area (Å²) in [7, 11) is 0. The molecule has 118 valence electrons. The third-order valence-electron chi connectivity index (χ3n) is 5.31. The number of hydrogen-bond acceptors (Lipinski definition) is 3. The van der Waals surface area contributed by atoms with E-state index in [2.05, 4.69) is 23.9 Å². The van der Waals surface area contributed by atoms with Crippen LogP contribution in [0.2, 0.25) is 0 Å². The topological polar surface area (TPSA) is 53.1 Å². The highest BCUT2D eigenvalue weighted by molar-refractivity contribution is 5.00. The van der Waals surface area contributed by atoms with Crippen molar-refractivity contribution in [2.45, 2.75) is 76.5 Å². The molecular formula is C17H29N3O. The molecule has 3 rings (SSSR count). The van der Waals surface area contributed by atoms with Crippen molar-refractivity contribution in [3.05, 3.63) is 18.0 Å². The predicted molar refractivity (Wildman–Crippen MR) is 83.9 cm³/mol. The maximum absolute atomic E-state index is 6.25. The van der Waals surface area contributed by atoms with Crippen LogP contribution in [0.4, 0.5) is 0 Å². The first-order valence-electron chi connectivity index (χ1n) is 8.59. The third-order valence-corrected chi connectivity index (χ3v) is 5.31. The maximum Gasteiger partial charge on any atom is 0.0914 e. The Balaban J connectivity index is 1.58. The van der Waals surface area contributed by atoms with E-state index in [1.165, 1.54) is 38.5 Å². The molecule has 0 spiro atoms. The summed E-state index contributed by atoms with van der Waals surface area (Å²) < 4.78 is 8.39. The lowest BCUT2D eigenvalue weighted by atomic mass is 9.79. The van der Waals surface area contributed by atoms with Gasteiger partial charge in [-0.3, -0.25) is 4.68 Å². The fourth-order valence-corrected chi connectivity index (χ4v) is 4.04. The zero-order chi connectivity index (χ0) is 14.7. The normalized spacial score (nSPS) is 30.9. The molecule has 0 aromatic carbocycles. The molecule has 2 unspecified atom stereocenters. The van der Waals surface area contributed by atoms with Crippen LogP contribution < -0.4 is 5.73 Å². The van der Waals surface area contributed by atoms with Crippen LogP contribution in [0.1, 0.15) is 70.0 Å². The summed E-state index contributed by atoms with van der Waals surface area (Å²) in [6, 6.07) is 2.71. The minimum absolute atomic E-state index is 0.116. The van der Waals surface area contributed by atoms with E-state index in [1.807, 2.05) is 0 Å². The van der Waals surface area contributed by atoms with Crippen molar-refractivity contribution in [2.75, 3.05) is 6.54 Å². The van der Waals surface area contributed by atoms with Crippen LogP contribution in [-0.4, -0.2) is 21.9 Å². The van der Waals surface area contributed by atoms with Crippen LogP contribution in [-0.2, 0) is 11.3 Å². The number of aromatic nitrogens is 2. The van der Waals surface area contributed by atoms with Gasteiger partial charge in [-0.15, -0.1) is 0 Å². The Morgan fingerprint density at radius 3 is 2.86 bits per heavy atom. The van der Waals surface area contributed by atoms with Crippen molar-refractivity contribution in [2.24, 2.45) is 11.7 Å². The summed E-state index contributed by atoms with van der Waals surface area (Å²) in [6.07, 6.45) is 12.1. The van der Waals surface area contributed by atoms with E-state index < -0.39 is 0 Å². The van der Waals surface area contributed by atoms with Gasteiger partial charge < -0.3 is 10.5 Å². The van der Waals surface area contributed by atoms with Crippen molar-refractivity contribution in [3.63, 3.8) is 0 Å². The maximum atomic E-state index is 6.25. The monoisotopic (exact) mass is 291 g/mol. The van der Waals surface area contributed by atoms with E-state index in [9.17, 15) is 0 Å². The number of ether oxygens (including phenoxy) is 1. The van der Waals surface area contributed by atoms with Crippen LogP contribution in [0.5, 0.6) is 0 Å². The molecule has 1 aromatic heterocycles. The van der Waals surface area contributed by atoms with Gasteiger partial charge in [0.25, 0.3) is 0 Å². The highest BCUT2D eigenvalue weighted by Crippen LogP contribution is 2.35. The predicted octanol–water partition coefficient (Wildman–Crippen LogP) is 3.42. The van der Waals surface area contributed by atoms with E-state index in [1.54, 1.807) is 0 Å². The molecule has 2 fully saturated rings. The SMILES string of the molecule is CC1CCCC(CN)(OCc2ccn(C3CCCC3)n2)C1. The van der Waals surface area contributed by atoms with Gasteiger partial charge in [-0.25, -0.2) is 0 Å². The summed E-state index contributed by atoms with van der Waals surface area (Å²) in [5.74, 6) is 0.721. The van der Waals surface area contributed by atoms with Crippen LogP contribution in [0.25, 0.3) is 0 Å². The Kier molecular flexibility index (Phi) is 4.65. The molecular weight excluding hydrogens is 262 g/mol. The molecule has 2 N–H and O–H groups in total. The zero-order valence-corrected chi connectivity index (χ0v) is 13.3. The van der Waals surface area contributed by atoms with Gasteiger partial charge in [-0.05, 0) is 37.7 Å². The van der Waals surface area contributed by atoms with E-state index in [-0.39, 0.29) is 5.60 Å². The highest BCUT2D eigenvalue weighted by atomic mass is 16.5. The molecule has 0 saturated heterocycles. The second-order valence-corrected chi connectivity index (χ2v) is 7.10. The van der Waals surface area contributed by atoms with Crippen LogP contribution in [0.3, 0.4) is 0 Å². The zero-order valence-electron chi connectivity index (χ0n) is 13.3. The van der Waals surface area contributed by atoms with Gasteiger partial charge in [-0.2, -0.15) is 5.10 Å². The first-order chi connectivity index (χ1) is 10.2. The largest absolute Gasteiger partial charge is 0.367 e. The van der Waals surface area contributed by atoms with Gasteiger partial charge in [0.1, 0.15) is 0 Å². The molecule has 2 aliphatic carbocycles. The van der Waals surface area contributed by atoms with Crippen molar-refractivity contribution in [1.82, 2.24) is 9.78 Å². The smallest absolute Gasteiger partial charge is 0.0914 e. The number of rotatable bonds is 5. The Morgan fingerprint density at radius 2 is 2.14 bits per heavy atom. The molecule has 1 heterocycles. The molecule has 2 saturated carbocycles. The van der Waals surface area contributed by atoms with Crippen LogP contribution >= 0.6 is 0 Å². The molecule has 4 nitrogen and oxygen atoms in total. The van der Waals surface area contributed by atoms with Crippen molar-refractivity contribution in [3.8, 4) is 0 Å². The first kappa shape index (κ1) is 15.0. The van der Waals surface area contributed by atoms with Gasteiger partial charge in [-0.1, -0.05) is 32.6 Å². The Labute approximate surface area is 128 Å². The van der Waals surface area contributed by atoms with Crippen molar-refractivity contribution < 1.29 is 4.74 Å². The van der Waals surface area contributed by atoms with Crippen LogP contribution in [0.15, 0.2) is 12.3 Å². The first-order valence-corrected chi connectivity index (χ1v) is 8.59. The Morgan fingerprint density at radius 1 is 1.33 bits per heavy atom. The Bertz CT molecular complexity index is 453. The average Bonchev–Trinajstić information content (AvgIpc) is 3.16. The second-order valence-electron chi connectivity index (χ2n) is 7.10. The molecule has 2 atom stereocenters. The minimum Gasteiger partial charge on any atom is -0.367 e. The van der Waals surface area contributed by atoms with Crippen molar-refractivity contribution in [1.29, 1.82) is 0 Å². The van der Waals surface area contributed by atoms with Gasteiger partial charge in [0.15, 0.2) is 0 Å². The Hall–Kier alpha value is -0.870. The minimum atomic E-state index is -0.116. The van der Waals surface area contributed by atoms with E-state index in [4.69, 9.17) is 15.6 Å². The average molecular weight is 291 g/mol. The molecule has 2 aliphatic rings. The van der Waals surface area contributed by atoms with Gasteiger partial charge in [0.2, 0.25) is 0 Å². The van der Waals surface area contributed by atoms with E-state index >= 15 is 0 Å². The summed E-state index contributed by atoms with van der Waals surface area (Å²) in [5.41, 5.74) is 6.95. The van der Waals surface area contributed by atoms with E-state index in [0.717, 1.165) is 24.5 Å². The van der Waals surface area contributed by atoms with Gasteiger partial charge >= 0.3 is 0 Å². The highest BCUT2D eigenvalue weighted by Gasteiger charge is 2.34. The lowest BCUT2D eigenvalue weighted by molar-refractivity contribution is -0.0851. The fourth-order valence-electron chi connectivity index (χ4n) is 4.04. The van der Waals surface area contributed by atoms with Gasteiger partial charge in [0.05, 0.1) is 23.9 Å². The standard InChI is InChI=1S/C17H29N3O/c1-14-5-4-9-17(11-14,13-18)21-12-15-8-10-20(19-15)16-6-2-3-7-16/h8,10,14,16H,2-7,9,11-13,18H2,1H3. The molecule has 0 radical (unpaired) electrons. The van der Waals surface area contributed by atoms with Gasteiger partial charge in [0, 0.05) is 12.7 Å². The molecule has 0 bridgehead atoms. The van der Waals surface area contributed by atoms with Crippen molar-refractivity contribution >= 4 is 0 Å². The quantitative estimate of drug-likeness (QED) is 0.904. The lowest BCUT2D eigenvalue weighted by Crippen LogP contribution is -2.44. The molecule has 0 amide bonds. The third kappa shape index (κ3) is 3.49. The summed E-state index contributed by atoms with van der Waals surface area (Å²) in [4.78, 5) is 0. The number of nitrogens with zero attached hydrogens (tertiary/aromatic N) is 2. The van der Waals surface area contributed by atoms with E-state index in [0.29, 0.717) is 19.2 Å². The molecule has 1 aromatic rings. The molecule has 0 aliphatic heterocycles. The number of nitrogens with two attached hydrogens (primary N) is 1.